The Balaban J connectivity index is 1.64. The Morgan fingerprint density at radius 1 is 1.00 bits per heavy atom. The third kappa shape index (κ3) is 5.93. The summed E-state index contributed by atoms with van der Waals surface area (Å²) in [4.78, 5) is 47.8. The SMILES string of the molecule is [C-]#[N+][C@@H]1CCCN1C(=O)CC[C@H](C)CC1(c2nnnn2C)c2ccc(C(=O)N(C)C)cc2CCc2cc(C(=O)N(C)C)ccc21. The van der Waals surface area contributed by atoms with Crippen LogP contribution in [0.2, 0.25) is 0 Å². The van der Waals surface area contributed by atoms with Gasteiger partial charge in [-0.05, 0) is 95.0 Å². The Hall–Kier alpha value is -4.59. The van der Waals surface area contributed by atoms with Crippen molar-refractivity contribution in [3.8, 4) is 0 Å². The van der Waals surface area contributed by atoms with E-state index in [1.807, 2.05) is 43.4 Å². The molecule has 2 heterocycles. The van der Waals surface area contributed by atoms with Gasteiger partial charge < -0.3 is 9.80 Å². The van der Waals surface area contributed by atoms with Crippen LogP contribution in [-0.4, -0.2) is 93.5 Å². The topological polar surface area (TPSA) is 109 Å². The quantitative estimate of drug-likeness (QED) is 0.360. The third-order valence-electron chi connectivity index (χ3n) is 9.30. The molecule has 1 aromatic heterocycles. The van der Waals surface area contributed by atoms with Gasteiger partial charge in [0.2, 0.25) is 5.91 Å². The molecule has 0 bridgehead atoms. The summed E-state index contributed by atoms with van der Waals surface area (Å²) < 4.78 is 1.71. The summed E-state index contributed by atoms with van der Waals surface area (Å²) in [5, 5.41) is 12.9. The number of fused-ring (bicyclic) bond motifs is 2. The summed E-state index contributed by atoms with van der Waals surface area (Å²) in [7, 11) is 8.81. The molecule has 2 aromatic carbocycles. The van der Waals surface area contributed by atoms with Gasteiger partial charge in [0.15, 0.2) is 5.82 Å². The monoisotopic (exact) mass is 610 g/mol. The van der Waals surface area contributed by atoms with E-state index in [4.69, 9.17) is 6.57 Å². The van der Waals surface area contributed by atoms with Crippen molar-refractivity contribution in [3.63, 3.8) is 0 Å². The van der Waals surface area contributed by atoms with Crippen molar-refractivity contribution in [1.29, 1.82) is 0 Å². The fourth-order valence-electron chi connectivity index (χ4n) is 7.09. The summed E-state index contributed by atoms with van der Waals surface area (Å²) in [6.45, 7) is 10.3. The van der Waals surface area contributed by atoms with Crippen molar-refractivity contribution in [2.45, 2.75) is 63.5 Å². The summed E-state index contributed by atoms with van der Waals surface area (Å²) in [6.07, 6.45) is 4.16. The highest BCUT2D eigenvalue weighted by atomic mass is 16.2. The largest absolute Gasteiger partial charge is 0.345 e. The fourth-order valence-corrected chi connectivity index (χ4v) is 7.09. The van der Waals surface area contributed by atoms with Crippen molar-refractivity contribution in [2.24, 2.45) is 13.0 Å². The molecule has 1 aliphatic heterocycles. The highest BCUT2D eigenvalue weighted by Crippen LogP contribution is 2.48. The van der Waals surface area contributed by atoms with Crippen LogP contribution in [-0.2, 0) is 30.1 Å². The van der Waals surface area contributed by atoms with E-state index in [-0.39, 0.29) is 29.8 Å². The van der Waals surface area contributed by atoms with E-state index in [0.717, 1.165) is 35.1 Å². The Morgan fingerprint density at radius 3 is 2.07 bits per heavy atom. The molecule has 0 radical (unpaired) electrons. The zero-order valence-corrected chi connectivity index (χ0v) is 27.1. The molecule has 5 rings (SSSR count). The van der Waals surface area contributed by atoms with E-state index in [2.05, 4.69) is 27.3 Å². The van der Waals surface area contributed by atoms with Gasteiger partial charge in [-0.3, -0.25) is 24.1 Å². The third-order valence-corrected chi connectivity index (χ3v) is 9.30. The molecule has 3 aromatic rings. The van der Waals surface area contributed by atoms with Gasteiger partial charge >= 0.3 is 6.17 Å². The summed E-state index contributed by atoms with van der Waals surface area (Å²) in [6, 6.07) is 11.8. The standard InChI is InChI=1S/C34H42N8O3/c1-22(10-17-30(43)42-18-8-9-29(42)35-2)21-34(33-36-37-38-41(33)7)27-15-13-25(31(44)39(3)4)19-23(27)11-12-24-20-26(14-16-28(24)34)32(45)40(5)6/h13-16,19-20,22,29H,8-12,17-18,21H2,1,3-7H3/t22-,29-/m0/s1. The van der Waals surface area contributed by atoms with Crippen LogP contribution in [0.4, 0.5) is 0 Å². The minimum Gasteiger partial charge on any atom is -0.345 e. The molecule has 1 saturated heterocycles. The lowest BCUT2D eigenvalue weighted by Crippen LogP contribution is -2.37. The molecular formula is C34H42N8O3. The van der Waals surface area contributed by atoms with Crippen molar-refractivity contribution >= 4 is 17.7 Å². The van der Waals surface area contributed by atoms with E-state index in [1.54, 1.807) is 47.6 Å². The highest BCUT2D eigenvalue weighted by molar-refractivity contribution is 5.95. The van der Waals surface area contributed by atoms with Gasteiger partial charge in [0, 0.05) is 65.8 Å². The fraction of sp³-hybridized carbons (Fsp3) is 0.500. The number of nitrogens with zero attached hydrogens (tertiary/aromatic N) is 8. The van der Waals surface area contributed by atoms with Crippen LogP contribution >= 0.6 is 0 Å². The molecule has 0 spiro atoms. The first-order valence-electron chi connectivity index (χ1n) is 15.6. The van der Waals surface area contributed by atoms with E-state index in [1.165, 1.54) is 0 Å². The molecule has 3 amide bonds. The maximum Gasteiger partial charge on any atom is 0.300 e. The van der Waals surface area contributed by atoms with Gasteiger partial charge in [-0.1, -0.05) is 19.1 Å². The van der Waals surface area contributed by atoms with Crippen LogP contribution in [0.25, 0.3) is 4.85 Å². The first-order valence-corrected chi connectivity index (χ1v) is 15.6. The number of carbonyl (C=O) groups is 3. The van der Waals surface area contributed by atoms with Crippen LogP contribution < -0.4 is 0 Å². The smallest absolute Gasteiger partial charge is 0.300 e. The number of rotatable bonds is 8. The van der Waals surface area contributed by atoms with Gasteiger partial charge in [-0.25, -0.2) is 11.3 Å². The van der Waals surface area contributed by atoms with Gasteiger partial charge in [-0.2, -0.15) is 0 Å². The molecule has 11 heteroatoms. The molecule has 0 saturated carbocycles. The lowest BCUT2D eigenvalue weighted by Gasteiger charge is -2.37. The molecule has 11 nitrogen and oxygen atoms in total. The number of aromatic nitrogens is 4. The second-order valence-corrected chi connectivity index (χ2v) is 12.9. The second kappa shape index (κ2) is 12.8. The average Bonchev–Trinajstić information content (AvgIpc) is 3.67. The van der Waals surface area contributed by atoms with Gasteiger partial charge in [0.05, 0.1) is 5.41 Å². The van der Waals surface area contributed by atoms with E-state index < -0.39 is 5.41 Å². The molecule has 236 valence electrons. The molecule has 2 atom stereocenters. The minimum absolute atomic E-state index is 0.0232. The number of carbonyl (C=O) groups excluding carboxylic acids is 3. The second-order valence-electron chi connectivity index (χ2n) is 12.9. The van der Waals surface area contributed by atoms with Crippen molar-refractivity contribution in [1.82, 2.24) is 34.9 Å². The Kier molecular flexibility index (Phi) is 9.05. The number of hydrogen-bond acceptors (Lipinski definition) is 6. The molecule has 0 unspecified atom stereocenters. The molecule has 45 heavy (non-hydrogen) atoms. The molecule has 1 fully saturated rings. The van der Waals surface area contributed by atoms with Crippen molar-refractivity contribution in [3.05, 3.63) is 87.0 Å². The maximum absolute atomic E-state index is 13.2. The lowest BCUT2D eigenvalue weighted by molar-refractivity contribution is -0.131. The molecular weight excluding hydrogens is 568 g/mol. The Morgan fingerprint density at radius 2 is 1.58 bits per heavy atom. The zero-order valence-electron chi connectivity index (χ0n) is 27.1. The van der Waals surface area contributed by atoms with Crippen LogP contribution in [0.1, 0.15) is 87.8 Å². The number of likely N-dealkylation sites (tertiary alicyclic amines) is 1. The average molecular weight is 611 g/mol. The maximum atomic E-state index is 13.2. The van der Waals surface area contributed by atoms with Gasteiger partial charge in [0.25, 0.3) is 11.8 Å². The highest BCUT2D eigenvalue weighted by Gasteiger charge is 2.46. The predicted molar refractivity (Wildman–Crippen MR) is 169 cm³/mol. The summed E-state index contributed by atoms with van der Waals surface area (Å²) in [5.74, 6) is 0.600. The van der Waals surface area contributed by atoms with Crippen LogP contribution in [0.3, 0.4) is 0 Å². The van der Waals surface area contributed by atoms with Gasteiger partial charge in [0.1, 0.15) is 0 Å². The van der Waals surface area contributed by atoms with Crippen LogP contribution in [0, 0.1) is 12.5 Å². The summed E-state index contributed by atoms with van der Waals surface area (Å²) in [5.41, 5.74) is 4.51. The number of benzene rings is 2. The summed E-state index contributed by atoms with van der Waals surface area (Å²) >= 11 is 0. The first-order chi connectivity index (χ1) is 21.5. The van der Waals surface area contributed by atoms with E-state index >= 15 is 0 Å². The van der Waals surface area contributed by atoms with E-state index in [0.29, 0.717) is 55.6 Å². The van der Waals surface area contributed by atoms with Gasteiger partial charge in [-0.15, -0.1) is 5.10 Å². The lowest BCUT2D eigenvalue weighted by atomic mass is 9.66. The predicted octanol–water partition coefficient (Wildman–Crippen LogP) is 3.72. The number of tetrazole rings is 1. The molecule has 0 N–H and O–H groups in total. The van der Waals surface area contributed by atoms with Crippen molar-refractivity contribution in [2.75, 3.05) is 34.7 Å². The first kappa shape index (κ1) is 31.8. The minimum atomic E-state index is -0.812. The van der Waals surface area contributed by atoms with Crippen LogP contribution in [0.5, 0.6) is 0 Å². The Bertz CT molecular complexity index is 1580. The normalized spacial score (nSPS) is 17.4. The van der Waals surface area contributed by atoms with E-state index in [9.17, 15) is 14.4 Å². The van der Waals surface area contributed by atoms with Crippen molar-refractivity contribution < 1.29 is 14.4 Å². The Labute approximate surface area is 265 Å². The number of aryl methyl sites for hydroxylation is 3. The van der Waals surface area contributed by atoms with Crippen LogP contribution in [0.15, 0.2) is 36.4 Å². The zero-order chi connectivity index (χ0) is 32.5. The number of amides is 3. The number of hydrogen-bond donors (Lipinski definition) is 0. The molecule has 2 aliphatic rings. The molecule has 1 aliphatic carbocycles.